The number of carbonyl (C=O) groups is 2. The Labute approximate surface area is 190 Å². The van der Waals surface area contributed by atoms with Gasteiger partial charge in [-0.05, 0) is 54.8 Å². The molecule has 6 nitrogen and oxygen atoms in total. The molecule has 0 spiro atoms. The number of hydrogen-bond donors (Lipinski definition) is 3. The van der Waals surface area contributed by atoms with Crippen LogP contribution in [0.3, 0.4) is 0 Å². The first-order valence-corrected chi connectivity index (χ1v) is 10.2. The Morgan fingerprint density at radius 2 is 1.70 bits per heavy atom. The van der Waals surface area contributed by atoms with Crippen LogP contribution in [-0.2, 0) is 14.3 Å². The van der Waals surface area contributed by atoms with Gasteiger partial charge in [0.25, 0.3) is 0 Å². The molecule has 2 aromatic rings. The number of nitrogens with two attached hydrogens (primary N) is 1. The Balaban J connectivity index is 0.000000215. The second-order valence-electron chi connectivity index (χ2n) is 7.78. The average molecular weight is 449 g/mol. The van der Waals surface area contributed by atoms with Crippen LogP contribution in [0.25, 0.3) is 11.3 Å². The van der Waals surface area contributed by atoms with Crippen molar-refractivity contribution in [2.24, 2.45) is 11.1 Å². The fourth-order valence-electron chi connectivity index (χ4n) is 3.56. The summed E-state index contributed by atoms with van der Waals surface area (Å²) in [5, 5.41) is 18.6. The van der Waals surface area contributed by atoms with Crippen LogP contribution in [0.4, 0.5) is 4.39 Å². The van der Waals surface area contributed by atoms with E-state index in [-0.39, 0.29) is 17.7 Å². The standard InChI is InChI=1S/C15H14FNO4.C11H10O/c1-15(14(20)21)7-10(13(18)19)12(17)6-11(15)8-2-4-9(16)5-3-8;1-2-6-10(7-3-1)11-8-4-5-9-12-11/h2-6H,7,17H2,1H3,(H,18,19)(H,20,21);1-3,5-9H,4H2. The molecule has 0 aromatic heterocycles. The molecule has 0 saturated heterocycles. The summed E-state index contributed by atoms with van der Waals surface area (Å²) in [6, 6.07) is 15.4. The minimum atomic E-state index is -1.44. The Morgan fingerprint density at radius 1 is 1.03 bits per heavy atom. The van der Waals surface area contributed by atoms with Crippen molar-refractivity contribution < 1.29 is 28.9 Å². The van der Waals surface area contributed by atoms with Crippen molar-refractivity contribution in [1.29, 1.82) is 0 Å². The zero-order chi connectivity index (χ0) is 24.0. The second kappa shape index (κ2) is 9.99. The van der Waals surface area contributed by atoms with E-state index in [1.165, 1.54) is 37.3 Å². The van der Waals surface area contributed by atoms with Gasteiger partial charge in [0.2, 0.25) is 0 Å². The number of aliphatic carboxylic acids is 2. The van der Waals surface area contributed by atoms with Crippen LogP contribution in [0.1, 0.15) is 30.9 Å². The number of halogens is 1. The lowest BCUT2D eigenvalue weighted by molar-refractivity contribution is -0.144. The third-order valence-electron chi connectivity index (χ3n) is 5.45. The molecular formula is C26H24FNO5. The van der Waals surface area contributed by atoms with Gasteiger partial charge >= 0.3 is 11.9 Å². The summed E-state index contributed by atoms with van der Waals surface area (Å²) in [5.41, 5.74) is 6.15. The number of carboxylic acids is 2. The lowest BCUT2D eigenvalue weighted by Gasteiger charge is -2.32. The van der Waals surface area contributed by atoms with Crippen molar-refractivity contribution >= 4 is 23.3 Å². The highest BCUT2D eigenvalue weighted by Crippen LogP contribution is 2.44. The molecule has 0 fully saturated rings. The van der Waals surface area contributed by atoms with Gasteiger partial charge in [0, 0.05) is 17.7 Å². The monoisotopic (exact) mass is 449 g/mol. The van der Waals surface area contributed by atoms with E-state index >= 15 is 0 Å². The van der Waals surface area contributed by atoms with Gasteiger partial charge < -0.3 is 20.7 Å². The minimum absolute atomic E-state index is 0.0144. The zero-order valence-corrected chi connectivity index (χ0v) is 18.0. The first kappa shape index (κ1) is 23.5. The Morgan fingerprint density at radius 3 is 2.24 bits per heavy atom. The number of hydrogen-bond acceptors (Lipinski definition) is 4. The number of rotatable bonds is 4. The highest BCUT2D eigenvalue weighted by molar-refractivity contribution is 5.98. The first-order valence-electron chi connectivity index (χ1n) is 10.2. The van der Waals surface area contributed by atoms with Crippen LogP contribution in [0, 0.1) is 11.2 Å². The highest BCUT2D eigenvalue weighted by atomic mass is 19.1. The average Bonchev–Trinajstić information content (AvgIpc) is 2.82. The summed E-state index contributed by atoms with van der Waals surface area (Å²) in [6.07, 6.45) is 7.88. The molecule has 1 atom stereocenters. The van der Waals surface area contributed by atoms with E-state index in [1.54, 1.807) is 6.26 Å². The van der Waals surface area contributed by atoms with E-state index in [9.17, 15) is 19.1 Å². The van der Waals surface area contributed by atoms with Crippen molar-refractivity contribution in [2.45, 2.75) is 19.8 Å². The van der Waals surface area contributed by atoms with E-state index in [0.29, 0.717) is 11.1 Å². The maximum Gasteiger partial charge on any atom is 0.333 e. The van der Waals surface area contributed by atoms with E-state index < -0.39 is 23.2 Å². The Bertz CT molecular complexity index is 1160. The third-order valence-corrected chi connectivity index (χ3v) is 5.45. The highest BCUT2D eigenvalue weighted by Gasteiger charge is 2.43. The fraction of sp³-hybridized carbons (Fsp3) is 0.154. The zero-order valence-electron chi connectivity index (χ0n) is 18.0. The molecule has 2 aromatic carbocycles. The molecular weight excluding hydrogens is 425 g/mol. The van der Waals surface area contributed by atoms with E-state index in [1.807, 2.05) is 36.4 Å². The van der Waals surface area contributed by atoms with Gasteiger partial charge in [-0.15, -0.1) is 0 Å². The Kier molecular flexibility index (Phi) is 7.13. The van der Waals surface area contributed by atoms with E-state index in [0.717, 1.165) is 17.7 Å². The fourth-order valence-corrected chi connectivity index (χ4v) is 3.56. The summed E-state index contributed by atoms with van der Waals surface area (Å²) in [7, 11) is 0. The van der Waals surface area contributed by atoms with Crippen molar-refractivity contribution in [3.05, 3.63) is 107 Å². The lowest BCUT2D eigenvalue weighted by Crippen LogP contribution is -2.34. The van der Waals surface area contributed by atoms with Crippen LogP contribution < -0.4 is 5.73 Å². The number of benzene rings is 2. The van der Waals surface area contributed by atoms with Crippen LogP contribution >= 0.6 is 0 Å². The third kappa shape index (κ3) is 5.38. The van der Waals surface area contributed by atoms with Gasteiger partial charge in [-0.2, -0.15) is 0 Å². The Hall–Kier alpha value is -4.13. The lowest BCUT2D eigenvalue weighted by atomic mass is 9.70. The summed E-state index contributed by atoms with van der Waals surface area (Å²) >= 11 is 0. The number of ether oxygens (including phenoxy) is 1. The molecule has 0 saturated carbocycles. The van der Waals surface area contributed by atoms with Crippen molar-refractivity contribution in [3.8, 4) is 0 Å². The van der Waals surface area contributed by atoms with Crippen molar-refractivity contribution in [1.82, 2.24) is 0 Å². The van der Waals surface area contributed by atoms with E-state index in [4.69, 9.17) is 15.6 Å². The molecule has 0 radical (unpaired) electrons. The largest absolute Gasteiger partial charge is 0.481 e. The SMILES string of the molecule is C1=COC(c2ccccc2)=CC1.CC1(C(=O)O)CC(C(=O)O)=C(N)C=C1c1ccc(F)cc1. The molecule has 33 heavy (non-hydrogen) atoms. The van der Waals surface area contributed by atoms with Crippen molar-refractivity contribution in [3.63, 3.8) is 0 Å². The molecule has 4 rings (SSSR count). The van der Waals surface area contributed by atoms with Gasteiger partial charge in [0.15, 0.2) is 0 Å². The predicted octanol–water partition coefficient (Wildman–Crippen LogP) is 4.96. The summed E-state index contributed by atoms with van der Waals surface area (Å²) in [6.45, 7) is 1.43. The predicted molar refractivity (Wildman–Crippen MR) is 123 cm³/mol. The van der Waals surface area contributed by atoms with Crippen LogP contribution in [-0.4, -0.2) is 22.2 Å². The van der Waals surface area contributed by atoms with Crippen LogP contribution in [0.2, 0.25) is 0 Å². The number of allylic oxidation sites excluding steroid dienone is 3. The molecule has 170 valence electrons. The normalized spacial score (nSPS) is 19.5. The smallest absolute Gasteiger partial charge is 0.333 e. The second-order valence-corrected chi connectivity index (χ2v) is 7.78. The molecule has 7 heteroatoms. The maximum atomic E-state index is 13.0. The minimum Gasteiger partial charge on any atom is -0.481 e. The van der Waals surface area contributed by atoms with Gasteiger partial charge in [-0.1, -0.05) is 42.5 Å². The molecule has 1 aliphatic heterocycles. The van der Waals surface area contributed by atoms with Crippen LogP contribution in [0.5, 0.6) is 0 Å². The molecule has 1 unspecified atom stereocenters. The first-order chi connectivity index (χ1) is 15.7. The molecule has 4 N–H and O–H groups in total. The molecule has 1 aliphatic carbocycles. The molecule has 0 bridgehead atoms. The molecule has 2 aliphatic rings. The topological polar surface area (TPSA) is 110 Å². The summed E-state index contributed by atoms with van der Waals surface area (Å²) < 4.78 is 18.3. The van der Waals surface area contributed by atoms with Gasteiger partial charge in [-0.3, -0.25) is 4.79 Å². The quantitative estimate of drug-likeness (QED) is 0.608. The summed E-state index contributed by atoms with van der Waals surface area (Å²) in [4.78, 5) is 22.8. The molecule has 0 amide bonds. The van der Waals surface area contributed by atoms with Gasteiger partial charge in [0.1, 0.15) is 11.6 Å². The van der Waals surface area contributed by atoms with Crippen molar-refractivity contribution in [2.75, 3.05) is 0 Å². The van der Waals surface area contributed by atoms with E-state index in [2.05, 4.69) is 6.08 Å². The number of carboxylic acid groups (broad SMARTS) is 2. The van der Waals surface area contributed by atoms with Gasteiger partial charge in [0.05, 0.1) is 17.3 Å². The van der Waals surface area contributed by atoms with Gasteiger partial charge in [-0.25, -0.2) is 9.18 Å². The summed E-state index contributed by atoms with van der Waals surface area (Å²) in [5.74, 6) is -1.89. The molecule has 1 heterocycles. The maximum absolute atomic E-state index is 13.0. The van der Waals surface area contributed by atoms with Crippen LogP contribution in [0.15, 0.2) is 90.4 Å².